The molecule has 0 bridgehead atoms. The van der Waals surface area contributed by atoms with Gasteiger partial charge in [-0.1, -0.05) is 6.07 Å². The Kier molecular flexibility index (Phi) is 4.76. The summed E-state index contributed by atoms with van der Waals surface area (Å²) in [4.78, 5) is 10.3. The predicted molar refractivity (Wildman–Crippen MR) is 45.9 cm³/mol. The zero-order chi connectivity index (χ0) is 10.1. The van der Waals surface area contributed by atoms with Crippen LogP contribution in [-0.2, 0) is 10.1 Å². The molecule has 14 heavy (non-hydrogen) atoms. The average Bonchev–Trinajstić information content (AvgIpc) is 2.03. The molecule has 0 unspecified atom stereocenters. The van der Waals surface area contributed by atoms with Gasteiger partial charge in [-0.15, -0.1) is 0 Å². The van der Waals surface area contributed by atoms with Crippen molar-refractivity contribution >= 4 is 16.0 Å². The standard InChI is InChI=1S/C7H7NO4S.Na.H/c8-7(9)5-2-1-3-6(4-5)13(10,11)12;;/h1-4H,(H2,8,9)(H,10,11,12);;/q;+1;-1. The summed E-state index contributed by atoms with van der Waals surface area (Å²) in [6, 6.07) is 4.86. The second-order valence-corrected chi connectivity index (χ2v) is 3.79. The van der Waals surface area contributed by atoms with E-state index < -0.39 is 16.0 Å². The van der Waals surface area contributed by atoms with Crippen molar-refractivity contribution in [3.05, 3.63) is 29.8 Å². The maximum atomic E-state index is 10.6. The van der Waals surface area contributed by atoms with E-state index in [9.17, 15) is 13.2 Å². The smallest absolute Gasteiger partial charge is 1.00 e. The number of nitrogens with two attached hydrogens (primary N) is 1. The molecule has 1 aromatic carbocycles. The molecule has 0 saturated carbocycles. The predicted octanol–water partition coefficient (Wildman–Crippen LogP) is -2.85. The summed E-state index contributed by atoms with van der Waals surface area (Å²) in [6.07, 6.45) is 0. The van der Waals surface area contributed by atoms with E-state index in [1.54, 1.807) is 0 Å². The SMILES string of the molecule is NC(=O)c1cccc(S(=O)(=O)O)c1.[H-].[Na+]. The third-order valence-corrected chi connectivity index (χ3v) is 2.27. The number of carbonyl (C=O) groups excluding carboxylic acids is 1. The number of amides is 1. The molecule has 0 aliphatic heterocycles. The van der Waals surface area contributed by atoms with Gasteiger partial charge in [-0.3, -0.25) is 9.35 Å². The number of benzene rings is 1. The molecule has 0 atom stereocenters. The van der Waals surface area contributed by atoms with Crippen molar-refractivity contribution in [1.82, 2.24) is 0 Å². The first-order chi connectivity index (χ1) is 5.91. The number of hydrogen-bond donors (Lipinski definition) is 2. The van der Waals surface area contributed by atoms with E-state index in [0.29, 0.717) is 0 Å². The number of primary amides is 1. The second kappa shape index (κ2) is 4.90. The molecule has 3 N–H and O–H groups in total. The molecule has 0 saturated heterocycles. The van der Waals surface area contributed by atoms with Crippen molar-refractivity contribution < 1.29 is 48.7 Å². The summed E-state index contributed by atoms with van der Waals surface area (Å²) < 4.78 is 29.8. The first-order valence-corrected chi connectivity index (χ1v) is 4.72. The van der Waals surface area contributed by atoms with Gasteiger partial charge in [0.2, 0.25) is 5.91 Å². The minimum atomic E-state index is -4.27. The Morgan fingerprint density at radius 3 is 2.43 bits per heavy atom. The van der Waals surface area contributed by atoms with E-state index in [2.05, 4.69) is 0 Å². The van der Waals surface area contributed by atoms with Crippen molar-refractivity contribution in [2.24, 2.45) is 5.73 Å². The van der Waals surface area contributed by atoms with E-state index in [4.69, 9.17) is 10.3 Å². The summed E-state index contributed by atoms with van der Waals surface area (Å²) in [5.41, 5.74) is 4.95. The number of hydrogen-bond acceptors (Lipinski definition) is 3. The maximum absolute atomic E-state index is 10.6. The minimum absolute atomic E-state index is 0. The van der Waals surface area contributed by atoms with Gasteiger partial charge >= 0.3 is 29.6 Å². The van der Waals surface area contributed by atoms with Crippen LogP contribution in [0, 0.1) is 0 Å². The molecule has 1 rings (SSSR count). The molecule has 1 aromatic rings. The molecule has 7 heteroatoms. The summed E-state index contributed by atoms with van der Waals surface area (Å²) in [7, 11) is -4.27. The summed E-state index contributed by atoms with van der Waals surface area (Å²) in [6.45, 7) is 0. The summed E-state index contributed by atoms with van der Waals surface area (Å²) in [5.74, 6) is -0.745. The average molecular weight is 225 g/mol. The Balaban J connectivity index is 0. The van der Waals surface area contributed by atoms with E-state index in [1.807, 2.05) is 0 Å². The van der Waals surface area contributed by atoms with Gasteiger partial charge in [-0.25, -0.2) is 0 Å². The van der Waals surface area contributed by atoms with Crippen molar-refractivity contribution in [1.29, 1.82) is 0 Å². The largest absolute Gasteiger partial charge is 1.00 e. The third kappa shape index (κ3) is 3.39. The molecule has 0 fully saturated rings. The molecule has 5 nitrogen and oxygen atoms in total. The van der Waals surface area contributed by atoms with Crippen LogP contribution in [0.3, 0.4) is 0 Å². The Bertz CT molecular complexity index is 448. The second-order valence-electron chi connectivity index (χ2n) is 2.37. The molecule has 0 aliphatic carbocycles. The molecular weight excluding hydrogens is 217 g/mol. The first-order valence-electron chi connectivity index (χ1n) is 3.28. The fourth-order valence-corrected chi connectivity index (χ4v) is 1.34. The maximum Gasteiger partial charge on any atom is 1.00 e. The van der Waals surface area contributed by atoms with Gasteiger partial charge in [0.1, 0.15) is 0 Å². The van der Waals surface area contributed by atoms with E-state index in [1.165, 1.54) is 18.2 Å². The van der Waals surface area contributed by atoms with Crippen molar-refractivity contribution in [2.75, 3.05) is 0 Å². The summed E-state index contributed by atoms with van der Waals surface area (Å²) >= 11 is 0. The van der Waals surface area contributed by atoms with Crippen LogP contribution in [0.1, 0.15) is 11.8 Å². The fraction of sp³-hybridized carbons (Fsp3) is 0. The minimum Gasteiger partial charge on any atom is -1.00 e. The van der Waals surface area contributed by atoms with Gasteiger partial charge in [0.15, 0.2) is 0 Å². The number of rotatable bonds is 2. The molecule has 0 aliphatic rings. The van der Waals surface area contributed by atoms with Crippen LogP contribution in [0.25, 0.3) is 0 Å². The van der Waals surface area contributed by atoms with Crippen molar-refractivity contribution in [2.45, 2.75) is 4.90 Å². The zero-order valence-corrected chi connectivity index (χ0v) is 10.3. The third-order valence-electron chi connectivity index (χ3n) is 1.42. The first kappa shape index (κ1) is 13.6. The van der Waals surface area contributed by atoms with E-state index in [-0.39, 0.29) is 41.4 Å². The van der Waals surface area contributed by atoms with Crippen LogP contribution < -0.4 is 35.3 Å². The van der Waals surface area contributed by atoms with E-state index in [0.717, 1.165) is 6.07 Å². The van der Waals surface area contributed by atoms with Gasteiger partial charge in [-0.2, -0.15) is 8.42 Å². The van der Waals surface area contributed by atoms with Gasteiger partial charge < -0.3 is 7.16 Å². The Morgan fingerprint density at radius 1 is 1.43 bits per heavy atom. The van der Waals surface area contributed by atoms with Crippen molar-refractivity contribution in [3.8, 4) is 0 Å². The Hall–Kier alpha value is -0.400. The molecule has 1 amide bonds. The van der Waals surface area contributed by atoms with Gasteiger partial charge in [-0.05, 0) is 18.2 Å². The van der Waals surface area contributed by atoms with Crippen LogP contribution >= 0.6 is 0 Å². The Morgan fingerprint density at radius 2 is 2.00 bits per heavy atom. The van der Waals surface area contributed by atoms with E-state index >= 15 is 0 Å². The van der Waals surface area contributed by atoms with Crippen LogP contribution in [0.4, 0.5) is 0 Å². The molecule has 0 spiro atoms. The quantitative estimate of drug-likeness (QED) is 0.418. The van der Waals surface area contributed by atoms with Gasteiger partial charge in [0.05, 0.1) is 4.90 Å². The van der Waals surface area contributed by atoms with Crippen LogP contribution in [0.15, 0.2) is 29.2 Å². The molecule has 0 heterocycles. The molecular formula is C7H8NNaO4S. The summed E-state index contributed by atoms with van der Waals surface area (Å²) in [5, 5.41) is 0. The molecule has 0 radical (unpaired) electrons. The van der Waals surface area contributed by atoms with Crippen LogP contribution in [0.5, 0.6) is 0 Å². The van der Waals surface area contributed by atoms with Gasteiger partial charge in [0.25, 0.3) is 10.1 Å². The van der Waals surface area contributed by atoms with Crippen molar-refractivity contribution in [3.63, 3.8) is 0 Å². The van der Waals surface area contributed by atoms with Crippen LogP contribution in [-0.4, -0.2) is 18.9 Å². The van der Waals surface area contributed by atoms with Crippen LogP contribution in [0.2, 0.25) is 0 Å². The zero-order valence-electron chi connectivity index (χ0n) is 8.47. The molecule has 72 valence electrons. The number of carbonyl (C=O) groups is 1. The molecule has 0 aromatic heterocycles. The monoisotopic (exact) mass is 225 g/mol. The topological polar surface area (TPSA) is 97.5 Å². The normalized spacial score (nSPS) is 10.4. The fourth-order valence-electron chi connectivity index (χ4n) is 0.810. The van der Waals surface area contributed by atoms with Gasteiger partial charge in [0, 0.05) is 5.56 Å². The Labute approximate surface area is 105 Å².